The van der Waals surface area contributed by atoms with Gasteiger partial charge in [0.05, 0.1) is 17.1 Å². The summed E-state index contributed by atoms with van der Waals surface area (Å²) in [6.07, 6.45) is 5.17. The van der Waals surface area contributed by atoms with Gasteiger partial charge in [0.15, 0.2) is 0 Å². The van der Waals surface area contributed by atoms with E-state index in [1.807, 2.05) is 24.3 Å². The highest BCUT2D eigenvalue weighted by atomic mass is 32.2. The number of nitrogens with zero attached hydrogens (tertiary/aromatic N) is 3. The molecule has 1 aliphatic heterocycles. The van der Waals surface area contributed by atoms with Crippen molar-refractivity contribution in [2.75, 3.05) is 10.8 Å². The first-order valence-corrected chi connectivity index (χ1v) is 12.2. The van der Waals surface area contributed by atoms with E-state index in [1.165, 1.54) is 15.4 Å². The maximum Gasteiger partial charge on any atom is 0.268 e. The van der Waals surface area contributed by atoms with Crippen LogP contribution >= 0.6 is 0 Å². The molecule has 2 aromatic rings. The number of hydrogen-bond acceptors (Lipinski definition) is 4. The number of amides is 1. The van der Waals surface area contributed by atoms with Crippen molar-refractivity contribution in [2.45, 2.75) is 70.4 Å². The third-order valence-electron chi connectivity index (χ3n) is 6.46. The minimum atomic E-state index is -3.75. The minimum Gasteiger partial charge on any atom is -0.351 e. The van der Waals surface area contributed by atoms with Crippen LogP contribution in [0.15, 0.2) is 29.2 Å². The number of sulfonamides is 1. The largest absolute Gasteiger partial charge is 0.351 e. The lowest BCUT2D eigenvalue weighted by Crippen LogP contribution is -2.42. The molecule has 1 fully saturated rings. The van der Waals surface area contributed by atoms with E-state index >= 15 is 0 Å². The fourth-order valence-electron chi connectivity index (χ4n) is 4.79. The molecule has 1 aliphatic carbocycles. The van der Waals surface area contributed by atoms with E-state index in [1.54, 1.807) is 13.8 Å². The average Bonchev–Trinajstić information content (AvgIpc) is 3.25. The predicted molar refractivity (Wildman–Crippen MR) is 116 cm³/mol. The SMILES string of the molecule is Cc1nn(CC(=O)NC2CCCCC2C)c(C)c1S(=O)(=O)N1CCc2ccccc21. The lowest BCUT2D eigenvalue weighted by atomic mass is 9.86. The number of aryl methyl sites for hydroxylation is 1. The van der Waals surface area contributed by atoms with E-state index < -0.39 is 10.0 Å². The van der Waals surface area contributed by atoms with Crippen molar-refractivity contribution in [1.29, 1.82) is 0 Å². The van der Waals surface area contributed by atoms with Gasteiger partial charge in [-0.2, -0.15) is 5.10 Å². The number of nitrogens with one attached hydrogen (secondary N) is 1. The number of benzene rings is 1. The van der Waals surface area contributed by atoms with Crippen LogP contribution in [0.4, 0.5) is 5.69 Å². The second kappa shape index (κ2) is 8.06. The summed E-state index contributed by atoms with van der Waals surface area (Å²) in [6, 6.07) is 7.77. The number of fused-ring (bicyclic) bond motifs is 1. The summed E-state index contributed by atoms with van der Waals surface area (Å²) >= 11 is 0. The molecule has 0 bridgehead atoms. The number of aromatic nitrogens is 2. The van der Waals surface area contributed by atoms with Crippen molar-refractivity contribution in [3.05, 3.63) is 41.2 Å². The topological polar surface area (TPSA) is 84.3 Å². The fourth-order valence-corrected chi connectivity index (χ4v) is 6.68. The van der Waals surface area contributed by atoms with E-state index in [9.17, 15) is 13.2 Å². The standard InChI is InChI=1S/C22H30N4O3S/c1-15-8-4-6-10-19(15)23-21(27)14-25-17(3)22(16(2)24-25)30(28,29)26-13-12-18-9-5-7-11-20(18)26/h5,7,9,11,15,19H,4,6,8,10,12-14H2,1-3H3,(H,23,27). The highest BCUT2D eigenvalue weighted by molar-refractivity contribution is 7.93. The second-order valence-electron chi connectivity index (χ2n) is 8.55. The summed E-state index contributed by atoms with van der Waals surface area (Å²) in [7, 11) is -3.75. The van der Waals surface area contributed by atoms with Crippen LogP contribution in [-0.2, 0) is 27.8 Å². The summed E-state index contributed by atoms with van der Waals surface area (Å²) in [5.74, 6) is 0.351. The molecule has 2 heterocycles. The monoisotopic (exact) mass is 430 g/mol. The zero-order valence-corrected chi connectivity index (χ0v) is 18.7. The van der Waals surface area contributed by atoms with Crippen molar-refractivity contribution in [3.63, 3.8) is 0 Å². The van der Waals surface area contributed by atoms with E-state index in [0.29, 0.717) is 30.3 Å². The molecule has 1 aromatic heterocycles. The Morgan fingerprint density at radius 3 is 2.70 bits per heavy atom. The van der Waals surface area contributed by atoms with Crippen molar-refractivity contribution in [1.82, 2.24) is 15.1 Å². The Hall–Kier alpha value is -2.35. The molecular formula is C22H30N4O3S. The Bertz CT molecular complexity index is 1060. The highest BCUT2D eigenvalue weighted by Gasteiger charge is 2.35. The van der Waals surface area contributed by atoms with Crippen LogP contribution in [0.2, 0.25) is 0 Å². The molecule has 1 N–H and O–H groups in total. The van der Waals surface area contributed by atoms with Crippen LogP contribution in [0.1, 0.15) is 49.6 Å². The quantitative estimate of drug-likeness (QED) is 0.790. The molecule has 0 saturated heterocycles. The zero-order chi connectivity index (χ0) is 21.5. The third-order valence-corrected chi connectivity index (χ3v) is 8.53. The second-order valence-corrected chi connectivity index (χ2v) is 10.3. The first-order chi connectivity index (χ1) is 14.3. The van der Waals surface area contributed by atoms with E-state index in [0.717, 1.165) is 30.5 Å². The van der Waals surface area contributed by atoms with Gasteiger partial charge >= 0.3 is 0 Å². The Balaban J connectivity index is 1.56. The van der Waals surface area contributed by atoms with E-state index in [2.05, 4.69) is 17.3 Å². The van der Waals surface area contributed by atoms with Gasteiger partial charge in [-0.25, -0.2) is 8.42 Å². The van der Waals surface area contributed by atoms with Crippen molar-refractivity contribution >= 4 is 21.6 Å². The molecule has 2 aliphatic rings. The van der Waals surface area contributed by atoms with Crippen LogP contribution in [0, 0.1) is 19.8 Å². The zero-order valence-electron chi connectivity index (χ0n) is 17.9. The maximum absolute atomic E-state index is 13.5. The number of hydrogen-bond donors (Lipinski definition) is 1. The molecule has 7 nitrogen and oxygen atoms in total. The molecule has 8 heteroatoms. The normalized spacial score (nSPS) is 21.5. The van der Waals surface area contributed by atoms with Crippen LogP contribution in [-0.4, -0.2) is 36.7 Å². The highest BCUT2D eigenvalue weighted by Crippen LogP contribution is 2.34. The molecule has 2 atom stereocenters. The first kappa shape index (κ1) is 20.9. The average molecular weight is 431 g/mol. The van der Waals surface area contributed by atoms with Gasteiger partial charge in [-0.3, -0.25) is 13.8 Å². The van der Waals surface area contributed by atoms with Gasteiger partial charge in [0, 0.05) is 12.6 Å². The van der Waals surface area contributed by atoms with Crippen molar-refractivity contribution in [3.8, 4) is 0 Å². The van der Waals surface area contributed by atoms with Gasteiger partial charge in [-0.15, -0.1) is 0 Å². The van der Waals surface area contributed by atoms with E-state index in [-0.39, 0.29) is 23.4 Å². The Morgan fingerprint density at radius 1 is 1.20 bits per heavy atom. The molecule has 1 aromatic carbocycles. The van der Waals surface area contributed by atoms with Gasteiger partial charge in [0.25, 0.3) is 10.0 Å². The number of para-hydroxylation sites is 1. The number of anilines is 1. The number of rotatable bonds is 5. The molecule has 0 radical (unpaired) electrons. The van der Waals surface area contributed by atoms with Gasteiger partial charge in [-0.05, 0) is 50.7 Å². The van der Waals surface area contributed by atoms with Gasteiger partial charge < -0.3 is 5.32 Å². The molecule has 30 heavy (non-hydrogen) atoms. The Labute approximate surface area is 178 Å². The van der Waals surface area contributed by atoms with Crippen molar-refractivity contribution in [2.24, 2.45) is 5.92 Å². The molecule has 1 saturated carbocycles. The number of carbonyl (C=O) groups is 1. The number of carbonyl (C=O) groups excluding carboxylic acids is 1. The van der Waals surface area contributed by atoms with Crippen LogP contribution in [0.3, 0.4) is 0 Å². The Kier molecular flexibility index (Phi) is 5.61. The lowest BCUT2D eigenvalue weighted by molar-refractivity contribution is -0.123. The molecular weight excluding hydrogens is 400 g/mol. The van der Waals surface area contributed by atoms with Crippen LogP contribution in [0.5, 0.6) is 0 Å². The van der Waals surface area contributed by atoms with Gasteiger partial charge in [0.2, 0.25) is 5.91 Å². The molecule has 1 amide bonds. The lowest BCUT2D eigenvalue weighted by Gasteiger charge is -2.29. The molecule has 4 rings (SSSR count). The summed E-state index contributed by atoms with van der Waals surface area (Å²) in [6.45, 7) is 6.05. The third kappa shape index (κ3) is 3.73. The van der Waals surface area contributed by atoms with Crippen LogP contribution < -0.4 is 9.62 Å². The summed E-state index contributed by atoms with van der Waals surface area (Å²) in [5.41, 5.74) is 2.69. The van der Waals surface area contributed by atoms with Crippen molar-refractivity contribution < 1.29 is 13.2 Å². The molecule has 0 spiro atoms. The van der Waals surface area contributed by atoms with Gasteiger partial charge in [-0.1, -0.05) is 38.0 Å². The van der Waals surface area contributed by atoms with Crippen LogP contribution in [0.25, 0.3) is 0 Å². The summed E-state index contributed by atoms with van der Waals surface area (Å²) in [4.78, 5) is 12.8. The molecule has 162 valence electrons. The van der Waals surface area contributed by atoms with E-state index in [4.69, 9.17) is 0 Å². The fraction of sp³-hybridized carbons (Fsp3) is 0.545. The summed E-state index contributed by atoms with van der Waals surface area (Å²) in [5, 5.41) is 7.53. The summed E-state index contributed by atoms with van der Waals surface area (Å²) < 4.78 is 29.9. The maximum atomic E-state index is 13.5. The minimum absolute atomic E-state index is 0.0298. The molecule has 2 unspecified atom stereocenters. The Morgan fingerprint density at radius 2 is 1.93 bits per heavy atom. The smallest absolute Gasteiger partial charge is 0.268 e. The van der Waals surface area contributed by atoms with Gasteiger partial charge in [0.1, 0.15) is 11.4 Å². The predicted octanol–water partition coefficient (Wildman–Crippen LogP) is 2.95. The first-order valence-electron chi connectivity index (χ1n) is 10.7.